The summed E-state index contributed by atoms with van der Waals surface area (Å²) in [5.41, 5.74) is -0.486. The molecule has 0 bridgehead atoms. The Labute approximate surface area is 104 Å². The van der Waals surface area contributed by atoms with E-state index in [0.717, 1.165) is 58.2 Å². The largest absolute Gasteiger partial charge is 0.395 e. The van der Waals surface area contributed by atoms with Crippen LogP contribution >= 0.6 is 0 Å². The number of rotatable bonds is 5. The zero-order valence-electron chi connectivity index (χ0n) is 10.7. The maximum atomic E-state index is 10.5. The van der Waals surface area contributed by atoms with Crippen LogP contribution in [0, 0.1) is 0 Å². The van der Waals surface area contributed by atoms with Gasteiger partial charge in [0.25, 0.3) is 0 Å². The van der Waals surface area contributed by atoms with Crippen LogP contribution < -0.4 is 5.32 Å². The van der Waals surface area contributed by atoms with Gasteiger partial charge in [0.2, 0.25) is 0 Å². The van der Waals surface area contributed by atoms with Gasteiger partial charge in [-0.1, -0.05) is 12.8 Å². The zero-order valence-corrected chi connectivity index (χ0v) is 10.7. The van der Waals surface area contributed by atoms with Crippen molar-refractivity contribution in [3.05, 3.63) is 0 Å². The fourth-order valence-corrected chi connectivity index (χ4v) is 3.26. The molecule has 0 aromatic rings. The number of piperidine rings is 1. The molecule has 0 atom stereocenters. The fraction of sp³-hybridized carbons (Fsp3) is 1.00. The quantitative estimate of drug-likeness (QED) is 0.651. The number of aliphatic hydroxyl groups is 2. The van der Waals surface area contributed by atoms with Gasteiger partial charge in [0, 0.05) is 19.1 Å². The van der Waals surface area contributed by atoms with Crippen LogP contribution in [-0.2, 0) is 0 Å². The third-order valence-corrected chi connectivity index (χ3v) is 4.24. The highest BCUT2D eigenvalue weighted by atomic mass is 16.3. The Morgan fingerprint density at radius 1 is 1.18 bits per heavy atom. The lowest BCUT2D eigenvalue weighted by Gasteiger charge is -2.38. The highest BCUT2D eigenvalue weighted by Crippen LogP contribution is 2.31. The lowest BCUT2D eigenvalue weighted by molar-refractivity contribution is -0.0125. The highest BCUT2D eigenvalue weighted by molar-refractivity contribution is 4.90. The summed E-state index contributed by atoms with van der Waals surface area (Å²) in [4.78, 5) is 2.31. The SMILES string of the molecule is OCCN(CC1(O)CCCC1)C1CCNCC1. The highest BCUT2D eigenvalue weighted by Gasteiger charge is 2.35. The van der Waals surface area contributed by atoms with E-state index in [0.29, 0.717) is 12.6 Å². The molecule has 1 saturated carbocycles. The van der Waals surface area contributed by atoms with E-state index in [1.807, 2.05) is 0 Å². The van der Waals surface area contributed by atoms with Crippen molar-refractivity contribution in [1.82, 2.24) is 10.2 Å². The predicted molar refractivity (Wildman–Crippen MR) is 68.0 cm³/mol. The van der Waals surface area contributed by atoms with E-state index >= 15 is 0 Å². The molecule has 4 heteroatoms. The molecule has 3 N–H and O–H groups in total. The molecule has 100 valence electrons. The third kappa shape index (κ3) is 3.65. The molecule has 2 fully saturated rings. The zero-order chi connectivity index (χ0) is 12.1. The van der Waals surface area contributed by atoms with Crippen LogP contribution in [0.5, 0.6) is 0 Å². The maximum absolute atomic E-state index is 10.5. The summed E-state index contributed by atoms with van der Waals surface area (Å²) in [6.07, 6.45) is 6.43. The van der Waals surface area contributed by atoms with E-state index in [2.05, 4.69) is 10.2 Å². The molecular formula is C13H26N2O2. The summed E-state index contributed by atoms with van der Waals surface area (Å²) < 4.78 is 0. The molecule has 0 amide bonds. The van der Waals surface area contributed by atoms with Gasteiger partial charge >= 0.3 is 0 Å². The van der Waals surface area contributed by atoms with Crippen LogP contribution in [-0.4, -0.2) is 59.5 Å². The molecule has 4 nitrogen and oxygen atoms in total. The standard InChI is InChI=1S/C13H26N2O2/c16-10-9-15(12-3-7-14-8-4-12)11-13(17)5-1-2-6-13/h12,14,16-17H,1-11H2. The average molecular weight is 242 g/mol. The Hall–Kier alpha value is -0.160. The number of hydrogen-bond acceptors (Lipinski definition) is 4. The van der Waals surface area contributed by atoms with Crippen molar-refractivity contribution in [2.24, 2.45) is 0 Å². The van der Waals surface area contributed by atoms with Gasteiger partial charge in [0.15, 0.2) is 0 Å². The minimum Gasteiger partial charge on any atom is -0.395 e. The van der Waals surface area contributed by atoms with Crippen molar-refractivity contribution in [2.75, 3.05) is 32.8 Å². The molecule has 1 saturated heterocycles. The lowest BCUT2D eigenvalue weighted by atomic mass is 9.98. The van der Waals surface area contributed by atoms with Crippen LogP contribution in [0.25, 0.3) is 0 Å². The monoisotopic (exact) mass is 242 g/mol. The summed E-state index contributed by atoms with van der Waals surface area (Å²) >= 11 is 0. The second kappa shape index (κ2) is 6.14. The van der Waals surface area contributed by atoms with Crippen molar-refractivity contribution < 1.29 is 10.2 Å². The van der Waals surface area contributed by atoms with E-state index in [-0.39, 0.29) is 6.61 Å². The molecule has 1 heterocycles. The van der Waals surface area contributed by atoms with Gasteiger partial charge in [-0.3, -0.25) is 4.90 Å². The minimum atomic E-state index is -0.486. The van der Waals surface area contributed by atoms with E-state index in [4.69, 9.17) is 0 Å². The summed E-state index contributed by atoms with van der Waals surface area (Å²) in [5.74, 6) is 0. The normalized spacial score (nSPS) is 25.6. The Morgan fingerprint density at radius 2 is 1.82 bits per heavy atom. The Kier molecular flexibility index (Phi) is 4.79. The van der Waals surface area contributed by atoms with E-state index < -0.39 is 5.60 Å². The van der Waals surface area contributed by atoms with Gasteiger partial charge in [0.1, 0.15) is 0 Å². The molecule has 0 aromatic carbocycles. The van der Waals surface area contributed by atoms with Gasteiger partial charge in [-0.25, -0.2) is 0 Å². The molecule has 2 rings (SSSR count). The molecule has 0 spiro atoms. The molecule has 0 radical (unpaired) electrons. The Bertz CT molecular complexity index is 223. The molecule has 1 aliphatic carbocycles. The van der Waals surface area contributed by atoms with E-state index in [1.54, 1.807) is 0 Å². The second-order valence-corrected chi connectivity index (χ2v) is 5.61. The van der Waals surface area contributed by atoms with Crippen LogP contribution in [0.3, 0.4) is 0 Å². The van der Waals surface area contributed by atoms with Crippen LogP contribution in [0.15, 0.2) is 0 Å². The topological polar surface area (TPSA) is 55.7 Å². The van der Waals surface area contributed by atoms with Crippen LogP contribution in [0.2, 0.25) is 0 Å². The summed E-state index contributed by atoms with van der Waals surface area (Å²) in [6, 6.07) is 0.535. The maximum Gasteiger partial charge on any atom is 0.0774 e. The number of hydrogen-bond donors (Lipinski definition) is 3. The van der Waals surface area contributed by atoms with Crippen molar-refractivity contribution in [1.29, 1.82) is 0 Å². The number of nitrogens with zero attached hydrogens (tertiary/aromatic N) is 1. The van der Waals surface area contributed by atoms with Gasteiger partial charge in [-0.15, -0.1) is 0 Å². The molecule has 17 heavy (non-hydrogen) atoms. The Morgan fingerprint density at radius 3 is 2.41 bits per heavy atom. The van der Waals surface area contributed by atoms with Gasteiger partial charge in [-0.2, -0.15) is 0 Å². The predicted octanol–water partition coefficient (Wildman–Crippen LogP) is 0.338. The molecule has 2 aliphatic rings. The molecule has 0 unspecified atom stereocenters. The van der Waals surface area contributed by atoms with Crippen LogP contribution in [0.4, 0.5) is 0 Å². The summed E-state index contributed by atoms with van der Waals surface area (Å²) in [5, 5.41) is 23.0. The summed E-state index contributed by atoms with van der Waals surface area (Å²) in [7, 11) is 0. The molecule has 0 aromatic heterocycles. The second-order valence-electron chi connectivity index (χ2n) is 5.61. The first-order chi connectivity index (χ1) is 8.23. The minimum absolute atomic E-state index is 0.194. The van der Waals surface area contributed by atoms with Gasteiger partial charge in [0.05, 0.1) is 12.2 Å². The van der Waals surface area contributed by atoms with E-state index in [1.165, 1.54) is 0 Å². The van der Waals surface area contributed by atoms with Crippen molar-refractivity contribution in [2.45, 2.75) is 50.2 Å². The van der Waals surface area contributed by atoms with Gasteiger partial charge < -0.3 is 15.5 Å². The Balaban J connectivity index is 1.90. The fourth-order valence-electron chi connectivity index (χ4n) is 3.26. The van der Waals surface area contributed by atoms with Crippen LogP contribution in [0.1, 0.15) is 38.5 Å². The van der Waals surface area contributed by atoms with E-state index in [9.17, 15) is 10.2 Å². The van der Waals surface area contributed by atoms with Crippen molar-refractivity contribution in [3.63, 3.8) is 0 Å². The number of nitrogens with one attached hydrogen (secondary N) is 1. The third-order valence-electron chi connectivity index (χ3n) is 4.24. The molecular weight excluding hydrogens is 216 g/mol. The summed E-state index contributed by atoms with van der Waals surface area (Å²) in [6.45, 7) is 3.77. The van der Waals surface area contributed by atoms with Crippen molar-refractivity contribution in [3.8, 4) is 0 Å². The first-order valence-electron chi connectivity index (χ1n) is 7.01. The smallest absolute Gasteiger partial charge is 0.0774 e. The van der Waals surface area contributed by atoms with Gasteiger partial charge in [-0.05, 0) is 38.8 Å². The lowest BCUT2D eigenvalue weighted by Crippen LogP contribution is -2.50. The van der Waals surface area contributed by atoms with Crippen molar-refractivity contribution >= 4 is 0 Å². The first-order valence-corrected chi connectivity index (χ1v) is 7.01. The number of aliphatic hydroxyl groups excluding tert-OH is 1. The first kappa shape index (κ1) is 13.3. The average Bonchev–Trinajstić information content (AvgIpc) is 2.77. The molecule has 1 aliphatic heterocycles.